The Morgan fingerprint density at radius 2 is 2.08 bits per heavy atom. The Kier molecular flexibility index (Phi) is 7.03. The summed E-state index contributed by atoms with van der Waals surface area (Å²) in [5, 5.41) is 14.6. The monoisotopic (exact) mass is 532 g/mol. The van der Waals surface area contributed by atoms with Gasteiger partial charge in [0.1, 0.15) is 12.4 Å². The number of nitrogens with zero attached hydrogens (tertiary/aromatic N) is 3. The number of esters is 1. The number of hydrogen-bond acceptors (Lipinski definition) is 9. The van der Waals surface area contributed by atoms with Gasteiger partial charge in [0.25, 0.3) is 5.56 Å². The first-order valence-corrected chi connectivity index (χ1v) is 12.9. The summed E-state index contributed by atoms with van der Waals surface area (Å²) in [4.78, 5) is 56.5. The van der Waals surface area contributed by atoms with Crippen molar-refractivity contribution in [1.82, 2.24) is 14.9 Å². The number of isocyanates is 1. The van der Waals surface area contributed by atoms with Crippen molar-refractivity contribution in [3.63, 3.8) is 0 Å². The van der Waals surface area contributed by atoms with E-state index in [0.717, 1.165) is 16.5 Å². The van der Waals surface area contributed by atoms with Crippen LogP contribution in [-0.4, -0.2) is 45.9 Å². The number of aliphatic hydroxyl groups is 1. The summed E-state index contributed by atoms with van der Waals surface area (Å²) in [6, 6.07) is 6.87. The summed E-state index contributed by atoms with van der Waals surface area (Å²) >= 11 is 0. The lowest BCUT2D eigenvalue weighted by Gasteiger charge is -2.31. The molecule has 2 aliphatic heterocycles. The molecule has 1 aromatic carbocycles. The number of ether oxygens (including phenoxy) is 2. The second-order valence-electron chi connectivity index (χ2n) is 9.55. The van der Waals surface area contributed by atoms with Crippen LogP contribution in [0.15, 0.2) is 34.1 Å². The number of unbranched alkanes of at least 4 members (excludes halogenated alkanes) is 1. The number of fused-ring (bicyclic) bond motifs is 5. The molecule has 1 unspecified atom stereocenters. The molecule has 0 saturated heterocycles. The summed E-state index contributed by atoms with van der Waals surface area (Å²) in [5.41, 5.74) is 2.03. The number of carbonyl (C=O) groups is 2. The minimum absolute atomic E-state index is 0.0744. The van der Waals surface area contributed by atoms with E-state index in [9.17, 15) is 24.3 Å². The van der Waals surface area contributed by atoms with Gasteiger partial charge in [-0.05, 0) is 55.5 Å². The van der Waals surface area contributed by atoms with Crippen LogP contribution in [-0.2, 0) is 39.5 Å². The third kappa shape index (κ3) is 4.49. The fraction of sp³-hybridized carbons (Fsp3) is 0.393. The summed E-state index contributed by atoms with van der Waals surface area (Å²) in [5.74, 6) is -0.404. The highest BCUT2D eigenvalue weighted by atomic mass is 16.6. The van der Waals surface area contributed by atoms with E-state index in [2.05, 4.69) is 10.3 Å². The molecular weight excluding hydrogens is 504 g/mol. The van der Waals surface area contributed by atoms with E-state index in [0.29, 0.717) is 61.6 Å². The van der Waals surface area contributed by atoms with Crippen molar-refractivity contribution in [2.75, 3.05) is 13.1 Å². The normalized spacial score (nSPS) is 17.1. The minimum Gasteiger partial charge on any atom is -0.458 e. The SMILES string of the molecule is CCc1c2c(nc3ccc(OC(=O)NCCCCN=C=O)cc13)-c1cc3c(c(=O)n1C2)COC(=O)C3(O)CC. The van der Waals surface area contributed by atoms with Crippen molar-refractivity contribution in [3.8, 4) is 17.1 Å². The van der Waals surface area contributed by atoms with Crippen LogP contribution in [0.1, 0.15) is 55.4 Å². The van der Waals surface area contributed by atoms with E-state index >= 15 is 0 Å². The average molecular weight is 533 g/mol. The first-order chi connectivity index (χ1) is 18.8. The molecule has 11 heteroatoms. The Hall–Kier alpha value is -4.34. The van der Waals surface area contributed by atoms with Gasteiger partial charge in [-0.25, -0.2) is 24.4 Å². The molecular formula is C28H28N4O7. The van der Waals surface area contributed by atoms with Gasteiger partial charge < -0.3 is 24.5 Å². The summed E-state index contributed by atoms with van der Waals surface area (Å²) < 4.78 is 12.2. The van der Waals surface area contributed by atoms with Gasteiger partial charge in [0.05, 0.1) is 35.6 Å². The zero-order valence-corrected chi connectivity index (χ0v) is 21.7. The van der Waals surface area contributed by atoms with Crippen molar-refractivity contribution in [2.24, 2.45) is 4.99 Å². The Morgan fingerprint density at radius 1 is 1.26 bits per heavy atom. The number of hydrogen-bond donors (Lipinski definition) is 2. The highest BCUT2D eigenvalue weighted by Gasteiger charge is 2.45. The number of amides is 1. The van der Waals surface area contributed by atoms with Crippen LogP contribution in [0.3, 0.4) is 0 Å². The van der Waals surface area contributed by atoms with Crippen molar-refractivity contribution in [3.05, 3.63) is 56.9 Å². The summed E-state index contributed by atoms with van der Waals surface area (Å²) in [6.45, 7) is 4.53. The third-order valence-corrected chi connectivity index (χ3v) is 7.37. The molecule has 1 amide bonds. The van der Waals surface area contributed by atoms with Crippen molar-refractivity contribution < 1.29 is 29.0 Å². The topological polar surface area (TPSA) is 149 Å². The first kappa shape index (κ1) is 26.3. The van der Waals surface area contributed by atoms with Crippen LogP contribution < -0.4 is 15.6 Å². The molecule has 39 heavy (non-hydrogen) atoms. The van der Waals surface area contributed by atoms with E-state index in [1.807, 2.05) is 6.92 Å². The molecule has 0 saturated carbocycles. The highest BCUT2D eigenvalue weighted by Crippen LogP contribution is 2.40. The fourth-order valence-corrected chi connectivity index (χ4v) is 5.30. The maximum absolute atomic E-state index is 13.5. The summed E-state index contributed by atoms with van der Waals surface area (Å²) in [6.07, 6.45) is 2.90. The highest BCUT2D eigenvalue weighted by molar-refractivity contribution is 5.90. The summed E-state index contributed by atoms with van der Waals surface area (Å²) in [7, 11) is 0. The lowest BCUT2D eigenvalue weighted by atomic mass is 9.86. The maximum atomic E-state index is 13.5. The Morgan fingerprint density at radius 3 is 2.82 bits per heavy atom. The molecule has 5 rings (SSSR count). The molecule has 2 aromatic heterocycles. The average Bonchev–Trinajstić information content (AvgIpc) is 3.30. The van der Waals surface area contributed by atoms with E-state index < -0.39 is 17.7 Å². The number of carbonyl (C=O) groups excluding carboxylic acids is 3. The molecule has 2 aliphatic rings. The van der Waals surface area contributed by atoms with Gasteiger partial charge in [0.15, 0.2) is 5.60 Å². The van der Waals surface area contributed by atoms with E-state index in [1.165, 1.54) is 6.08 Å². The van der Waals surface area contributed by atoms with Crippen molar-refractivity contribution >= 4 is 29.0 Å². The van der Waals surface area contributed by atoms with Crippen LogP contribution >= 0.6 is 0 Å². The quantitative estimate of drug-likeness (QED) is 0.152. The van der Waals surface area contributed by atoms with Gasteiger partial charge in [0.2, 0.25) is 6.08 Å². The number of nitrogens with one attached hydrogen (secondary N) is 1. The zero-order chi connectivity index (χ0) is 27.7. The standard InChI is InChI=1S/C28H28N4O7/c1-3-17-18-11-16(39-27(36)30-10-6-5-9-29-15-33)7-8-22(18)31-24-19(17)13-32-23(24)12-21-20(25(32)34)14-38-26(35)28(21,37)4-2/h7-8,11-12,37H,3-6,9-10,13-14H2,1-2H3,(H,30,36). The number of benzene rings is 1. The van der Waals surface area contributed by atoms with Gasteiger partial charge in [0, 0.05) is 23.1 Å². The number of pyridine rings is 2. The van der Waals surface area contributed by atoms with E-state index in [-0.39, 0.29) is 29.7 Å². The Balaban J connectivity index is 1.47. The van der Waals surface area contributed by atoms with Crippen LogP contribution in [0.25, 0.3) is 22.3 Å². The molecule has 0 bridgehead atoms. The van der Waals surface area contributed by atoms with E-state index in [1.54, 1.807) is 35.8 Å². The van der Waals surface area contributed by atoms with Crippen LogP contribution in [0.2, 0.25) is 0 Å². The predicted octanol–water partition coefficient (Wildman–Crippen LogP) is 2.85. The molecule has 0 spiro atoms. The largest absolute Gasteiger partial charge is 0.458 e. The van der Waals surface area contributed by atoms with Gasteiger partial charge >= 0.3 is 12.1 Å². The number of aryl methyl sites for hydroxylation is 1. The van der Waals surface area contributed by atoms with Gasteiger partial charge in [-0.1, -0.05) is 13.8 Å². The van der Waals surface area contributed by atoms with Crippen molar-refractivity contribution in [1.29, 1.82) is 0 Å². The fourth-order valence-electron chi connectivity index (χ4n) is 5.30. The van der Waals surface area contributed by atoms with Gasteiger partial charge in [-0.2, -0.15) is 0 Å². The predicted molar refractivity (Wildman–Crippen MR) is 140 cm³/mol. The zero-order valence-electron chi connectivity index (χ0n) is 21.7. The molecule has 0 aliphatic carbocycles. The molecule has 4 heterocycles. The number of rotatable bonds is 8. The van der Waals surface area contributed by atoms with Crippen LogP contribution in [0.5, 0.6) is 5.75 Å². The smallest absolute Gasteiger partial charge is 0.412 e. The molecule has 3 aromatic rings. The van der Waals surface area contributed by atoms with Gasteiger partial charge in [-0.15, -0.1) is 0 Å². The minimum atomic E-state index is -1.88. The number of cyclic esters (lactones) is 1. The Labute approximate surface area is 223 Å². The maximum Gasteiger partial charge on any atom is 0.412 e. The van der Waals surface area contributed by atoms with Crippen molar-refractivity contribution in [2.45, 2.75) is 58.3 Å². The Bertz CT molecular complexity index is 1610. The molecule has 0 fully saturated rings. The van der Waals surface area contributed by atoms with Crippen LogP contribution in [0, 0.1) is 0 Å². The third-order valence-electron chi connectivity index (χ3n) is 7.37. The molecule has 2 N–H and O–H groups in total. The van der Waals surface area contributed by atoms with Gasteiger partial charge in [-0.3, -0.25) is 4.79 Å². The molecule has 11 nitrogen and oxygen atoms in total. The second-order valence-corrected chi connectivity index (χ2v) is 9.55. The lowest BCUT2D eigenvalue weighted by Crippen LogP contribution is -2.44. The molecule has 0 radical (unpaired) electrons. The second kappa shape index (κ2) is 10.4. The molecule has 1 atom stereocenters. The van der Waals surface area contributed by atoms with Crippen LogP contribution in [0.4, 0.5) is 4.79 Å². The first-order valence-electron chi connectivity index (χ1n) is 12.9. The number of aliphatic imine (C=N–C) groups is 1. The molecule has 202 valence electrons. The van der Waals surface area contributed by atoms with E-state index in [4.69, 9.17) is 14.5 Å². The lowest BCUT2D eigenvalue weighted by molar-refractivity contribution is -0.172. The number of aromatic nitrogens is 2.